The summed E-state index contributed by atoms with van der Waals surface area (Å²) in [6.07, 6.45) is 3.57. The minimum absolute atomic E-state index is 0.813. The Morgan fingerprint density at radius 1 is 1.22 bits per heavy atom. The van der Waals surface area contributed by atoms with Crippen molar-refractivity contribution in [3.05, 3.63) is 41.7 Å². The van der Waals surface area contributed by atoms with Gasteiger partial charge in [0.1, 0.15) is 10.5 Å². The van der Waals surface area contributed by atoms with Crippen LogP contribution in [0.4, 0.5) is 5.69 Å². The van der Waals surface area contributed by atoms with Gasteiger partial charge in [0.25, 0.3) is 0 Å². The highest BCUT2D eigenvalue weighted by Crippen LogP contribution is 2.35. The lowest BCUT2D eigenvalue weighted by Gasteiger charge is -2.07. The number of hydrogen-bond donors (Lipinski definition) is 1. The van der Waals surface area contributed by atoms with Gasteiger partial charge in [0, 0.05) is 17.4 Å². The molecule has 3 rings (SSSR count). The van der Waals surface area contributed by atoms with Crippen molar-refractivity contribution in [2.24, 2.45) is 0 Å². The Labute approximate surface area is 109 Å². The van der Waals surface area contributed by atoms with E-state index in [0.717, 1.165) is 32.0 Å². The number of nitrogens with zero attached hydrogens (tertiary/aromatic N) is 2. The van der Waals surface area contributed by atoms with Crippen molar-refractivity contribution >= 4 is 27.2 Å². The van der Waals surface area contributed by atoms with Gasteiger partial charge in [-0.1, -0.05) is 11.6 Å². The second-order valence-electron chi connectivity index (χ2n) is 4.41. The third kappa shape index (κ3) is 1.75. The maximum atomic E-state index is 6.16. The van der Waals surface area contributed by atoms with Crippen LogP contribution in [0.2, 0.25) is 0 Å². The largest absolute Gasteiger partial charge is 0.398 e. The Bertz CT molecular complexity index is 698. The van der Waals surface area contributed by atoms with Gasteiger partial charge >= 0.3 is 0 Å². The number of nitrogen functional groups attached to an aromatic ring is 1. The number of hydrogen-bond acceptors (Lipinski definition) is 4. The molecule has 0 aliphatic heterocycles. The van der Waals surface area contributed by atoms with Gasteiger partial charge in [-0.2, -0.15) is 0 Å². The molecule has 0 aliphatic rings. The maximum Gasteiger partial charge on any atom is 0.126 e. The molecule has 3 nitrogen and oxygen atoms in total. The molecule has 0 fully saturated rings. The number of rotatable bonds is 1. The summed E-state index contributed by atoms with van der Waals surface area (Å²) < 4.78 is 1.14. The summed E-state index contributed by atoms with van der Waals surface area (Å²) in [6, 6.07) is 6.16. The summed E-state index contributed by atoms with van der Waals surface area (Å²) in [6.45, 7) is 4.10. The van der Waals surface area contributed by atoms with Crippen LogP contribution in [0.5, 0.6) is 0 Å². The Balaban J connectivity index is 2.26. The van der Waals surface area contributed by atoms with Gasteiger partial charge in [-0.3, -0.25) is 4.98 Å². The lowest BCUT2D eigenvalue weighted by atomic mass is 10.1. The SMILES string of the molecule is Cc1cc(C)c(N)c(-c2nc3cnccc3s2)c1. The van der Waals surface area contributed by atoms with E-state index in [4.69, 9.17) is 5.73 Å². The number of nitrogens with two attached hydrogens (primary N) is 1. The highest BCUT2D eigenvalue weighted by atomic mass is 32.1. The molecule has 0 unspecified atom stereocenters. The molecule has 0 saturated carbocycles. The van der Waals surface area contributed by atoms with Crippen LogP contribution >= 0.6 is 11.3 Å². The lowest BCUT2D eigenvalue weighted by molar-refractivity contribution is 1.33. The Morgan fingerprint density at radius 2 is 2.06 bits per heavy atom. The molecule has 1 aromatic carbocycles. The van der Waals surface area contributed by atoms with E-state index in [1.807, 2.05) is 13.0 Å². The number of benzene rings is 1. The minimum atomic E-state index is 0.813. The van der Waals surface area contributed by atoms with Crippen LogP contribution in [0.15, 0.2) is 30.6 Å². The molecule has 0 bridgehead atoms. The zero-order valence-corrected chi connectivity index (χ0v) is 11.1. The number of pyridine rings is 1. The Kier molecular flexibility index (Phi) is 2.52. The zero-order chi connectivity index (χ0) is 12.7. The van der Waals surface area contributed by atoms with E-state index < -0.39 is 0 Å². The second kappa shape index (κ2) is 4.07. The zero-order valence-electron chi connectivity index (χ0n) is 10.3. The van der Waals surface area contributed by atoms with Crippen LogP contribution in [0, 0.1) is 13.8 Å². The van der Waals surface area contributed by atoms with Crippen molar-refractivity contribution in [1.82, 2.24) is 9.97 Å². The fourth-order valence-corrected chi connectivity index (χ4v) is 3.01. The van der Waals surface area contributed by atoms with E-state index in [-0.39, 0.29) is 0 Å². The predicted octanol–water partition coefficient (Wildman–Crippen LogP) is 3.56. The van der Waals surface area contributed by atoms with Gasteiger partial charge in [0.2, 0.25) is 0 Å². The quantitative estimate of drug-likeness (QED) is 0.676. The topological polar surface area (TPSA) is 51.8 Å². The first-order chi connectivity index (χ1) is 8.65. The number of fused-ring (bicyclic) bond motifs is 1. The first kappa shape index (κ1) is 11.2. The van der Waals surface area contributed by atoms with Crippen molar-refractivity contribution < 1.29 is 0 Å². The molecule has 0 atom stereocenters. The number of anilines is 1. The van der Waals surface area contributed by atoms with Crippen molar-refractivity contribution in [3.8, 4) is 10.6 Å². The second-order valence-corrected chi connectivity index (χ2v) is 5.44. The molecule has 4 heteroatoms. The van der Waals surface area contributed by atoms with E-state index in [0.29, 0.717) is 0 Å². The van der Waals surface area contributed by atoms with E-state index in [1.165, 1.54) is 5.56 Å². The predicted molar refractivity (Wildman–Crippen MR) is 76.7 cm³/mol. The Hall–Kier alpha value is -1.94. The summed E-state index contributed by atoms with van der Waals surface area (Å²) in [5, 5.41) is 0.960. The number of aryl methyl sites for hydroxylation is 2. The summed E-state index contributed by atoms with van der Waals surface area (Å²) in [5.41, 5.74) is 11.2. The van der Waals surface area contributed by atoms with Crippen molar-refractivity contribution in [1.29, 1.82) is 0 Å². The molecule has 2 heterocycles. The third-order valence-electron chi connectivity index (χ3n) is 2.95. The average Bonchev–Trinajstić information content (AvgIpc) is 2.77. The monoisotopic (exact) mass is 255 g/mol. The Morgan fingerprint density at radius 3 is 2.83 bits per heavy atom. The number of thiazole rings is 1. The highest BCUT2D eigenvalue weighted by Gasteiger charge is 2.11. The summed E-state index contributed by atoms with van der Waals surface area (Å²) in [4.78, 5) is 8.69. The first-order valence-electron chi connectivity index (χ1n) is 5.73. The molecular weight excluding hydrogens is 242 g/mol. The molecule has 0 spiro atoms. The van der Waals surface area contributed by atoms with Crippen molar-refractivity contribution in [2.45, 2.75) is 13.8 Å². The van der Waals surface area contributed by atoms with Gasteiger partial charge < -0.3 is 5.73 Å². The van der Waals surface area contributed by atoms with Gasteiger partial charge in [-0.15, -0.1) is 11.3 Å². The van der Waals surface area contributed by atoms with Crippen LogP contribution in [0.1, 0.15) is 11.1 Å². The molecule has 2 aromatic heterocycles. The van der Waals surface area contributed by atoms with Gasteiger partial charge in [-0.05, 0) is 31.5 Å². The van der Waals surface area contributed by atoms with Crippen LogP contribution < -0.4 is 5.73 Å². The summed E-state index contributed by atoms with van der Waals surface area (Å²) in [5.74, 6) is 0. The van der Waals surface area contributed by atoms with E-state index in [1.54, 1.807) is 23.7 Å². The molecule has 3 aromatic rings. The van der Waals surface area contributed by atoms with Crippen LogP contribution in [-0.2, 0) is 0 Å². The molecule has 0 aliphatic carbocycles. The molecular formula is C14H13N3S. The van der Waals surface area contributed by atoms with Crippen LogP contribution in [0.25, 0.3) is 20.8 Å². The van der Waals surface area contributed by atoms with Gasteiger partial charge in [0.15, 0.2) is 0 Å². The molecule has 18 heavy (non-hydrogen) atoms. The van der Waals surface area contributed by atoms with Crippen LogP contribution in [-0.4, -0.2) is 9.97 Å². The average molecular weight is 255 g/mol. The maximum absolute atomic E-state index is 6.16. The molecule has 2 N–H and O–H groups in total. The van der Waals surface area contributed by atoms with Crippen molar-refractivity contribution in [2.75, 3.05) is 5.73 Å². The third-order valence-corrected chi connectivity index (χ3v) is 4.02. The highest BCUT2D eigenvalue weighted by molar-refractivity contribution is 7.21. The molecule has 0 amide bonds. The van der Waals surface area contributed by atoms with E-state index >= 15 is 0 Å². The normalized spacial score (nSPS) is 11.0. The standard InChI is InChI=1S/C14H13N3S/c1-8-5-9(2)13(15)10(6-8)14-17-11-7-16-4-3-12(11)18-14/h3-7H,15H2,1-2H3. The van der Waals surface area contributed by atoms with Crippen molar-refractivity contribution in [3.63, 3.8) is 0 Å². The lowest BCUT2D eigenvalue weighted by Crippen LogP contribution is -1.94. The minimum Gasteiger partial charge on any atom is -0.398 e. The van der Waals surface area contributed by atoms with Gasteiger partial charge in [0.05, 0.1) is 10.9 Å². The molecule has 90 valence electrons. The van der Waals surface area contributed by atoms with Crippen LogP contribution in [0.3, 0.4) is 0 Å². The summed E-state index contributed by atoms with van der Waals surface area (Å²) >= 11 is 1.65. The molecule has 0 radical (unpaired) electrons. The molecule has 0 saturated heterocycles. The fourth-order valence-electron chi connectivity index (χ4n) is 2.05. The fraction of sp³-hybridized carbons (Fsp3) is 0.143. The number of aromatic nitrogens is 2. The smallest absolute Gasteiger partial charge is 0.126 e. The van der Waals surface area contributed by atoms with E-state index in [2.05, 4.69) is 29.0 Å². The van der Waals surface area contributed by atoms with Gasteiger partial charge in [-0.25, -0.2) is 4.98 Å². The first-order valence-corrected chi connectivity index (χ1v) is 6.54. The summed E-state index contributed by atoms with van der Waals surface area (Å²) in [7, 11) is 0. The van der Waals surface area contributed by atoms with E-state index in [9.17, 15) is 0 Å².